The number of pyridine rings is 1. The van der Waals surface area contributed by atoms with Gasteiger partial charge in [0, 0.05) is 11.8 Å². The number of rotatable bonds is 4. The van der Waals surface area contributed by atoms with Crippen LogP contribution in [0.2, 0.25) is 0 Å². The van der Waals surface area contributed by atoms with Gasteiger partial charge < -0.3 is 18.5 Å². The zero-order valence-corrected chi connectivity index (χ0v) is 11.5. The largest absolute Gasteiger partial charge is 0.491 e. The van der Waals surface area contributed by atoms with Gasteiger partial charge in [-0.25, -0.2) is 4.79 Å². The molecule has 0 saturated carbocycles. The summed E-state index contributed by atoms with van der Waals surface area (Å²) in [7, 11) is 2.73. The molecule has 0 bridgehead atoms. The first-order chi connectivity index (χ1) is 9.56. The summed E-state index contributed by atoms with van der Waals surface area (Å²) in [4.78, 5) is 23.5. The van der Waals surface area contributed by atoms with Crippen LogP contribution in [0.5, 0.6) is 5.75 Å². The van der Waals surface area contributed by atoms with E-state index in [1.54, 1.807) is 31.3 Å². The lowest BCUT2D eigenvalue weighted by Gasteiger charge is -2.05. The monoisotopic (exact) mass is 277 g/mol. The van der Waals surface area contributed by atoms with Crippen LogP contribution in [0.3, 0.4) is 0 Å². The van der Waals surface area contributed by atoms with Crippen molar-refractivity contribution in [2.45, 2.75) is 13.5 Å². The van der Waals surface area contributed by atoms with Crippen molar-refractivity contribution in [1.29, 1.82) is 0 Å². The van der Waals surface area contributed by atoms with E-state index in [4.69, 9.17) is 9.15 Å². The molecule has 0 fully saturated rings. The molecule has 20 heavy (non-hydrogen) atoms. The van der Waals surface area contributed by atoms with Crippen LogP contribution < -0.4 is 10.3 Å². The van der Waals surface area contributed by atoms with Gasteiger partial charge in [-0.05, 0) is 25.1 Å². The molecule has 106 valence electrons. The Labute approximate surface area is 115 Å². The Hall–Kier alpha value is -2.50. The maximum atomic E-state index is 12.0. The van der Waals surface area contributed by atoms with Crippen LogP contribution in [0.15, 0.2) is 33.6 Å². The minimum Gasteiger partial charge on any atom is -0.491 e. The summed E-state index contributed by atoms with van der Waals surface area (Å²) in [6.45, 7) is 1.96. The topological polar surface area (TPSA) is 70.7 Å². The molecule has 6 nitrogen and oxygen atoms in total. The molecule has 2 aromatic rings. The number of nitrogens with zero attached hydrogens (tertiary/aromatic N) is 1. The van der Waals surface area contributed by atoms with Crippen LogP contribution in [-0.2, 0) is 11.3 Å². The summed E-state index contributed by atoms with van der Waals surface area (Å²) in [5.74, 6) is 0.368. The smallest absolute Gasteiger partial charge is 0.374 e. The van der Waals surface area contributed by atoms with Crippen LogP contribution >= 0.6 is 0 Å². The van der Waals surface area contributed by atoms with Crippen LogP contribution in [0.1, 0.15) is 21.9 Å². The number of carbonyl (C=O) groups is 1. The van der Waals surface area contributed by atoms with Gasteiger partial charge in [-0.3, -0.25) is 4.79 Å². The summed E-state index contributed by atoms with van der Waals surface area (Å²) in [6, 6.07) is 5.00. The molecule has 2 aromatic heterocycles. The van der Waals surface area contributed by atoms with Gasteiger partial charge in [0.05, 0.1) is 20.8 Å². The van der Waals surface area contributed by atoms with Crippen molar-refractivity contribution in [2.24, 2.45) is 0 Å². The van der Waals surface area contributed by atoms with Crippen LogP contribution in [0, 0.1) is 6.92 Å². The molecule has 0 saturated heterocycles. The molecular weight excluding hydrogens is 262 g/mol. The first kappa shape index (κ1) is 13.9. The van der Waals surface area contributed by atoms with Crippen LogP contribution in [-0.4, -0.2) is 24.8 Å². The average molecular weight is 277 g/mol. The Bertz CT molecular complexity index is 683. The van der Waals surface area contributed by atoms with E-state index in [0.717, 1.165) is 0 Å². The molecule has 0 N–H and O–H groups in total. The summed E-state index contributed by atoms with van der Waals surface area (Å²) in [5.41, 5.74) is 0.409. The Morgan fingerprint density at radius 3 is 2.80 bits per heavy atom. The van der Waals surface area contributed by atoms with Crippen molar-refractivity contribution >= 4 is 5.97 Å². The van der Waals surface area contributed by atoms with E-state index in [1.807, 2.05) is 0 Å². The Morgan fingerprint density at radius 2 is 2.15 bits per heavy atom. The fourth-order valence-corrected chi connectivity index (χ4v) is 1.88. The third-order valence-corrected chi connectivity index (χ3v) is 2.87. The van der Waals surface area contributed by atoms with Crippen molar-refractivity contribution in [3.63, 3.8) is 0 Å². The lowest BCUT2D eigenvalue weighted by Crippen LogP contribution is -2.20. The predicted octanol–water partition coefficient (Wildman–Crippen LogP) is 1.59. The van der Waals surface area contributed by atoms with Gasteiger partial charge in [-0.1, -0.05) is 0 Å². The Morgan fingerprint density at radius 1 is 1.40 bits per heavy atom. The SMILES string of the molecule is COC(=O)c1oc(Cn2cccc(OC)c2=O)cc1C. The fraction of sp³-hybridized carbons (Fsp3) is 0.286. The van der Waals surface area contributed by atoms with Gasteiger partial charge in [-0.2, -0.15) is 0 Å². The molecule has 0 aliphatic heterocycles. The van der Waals surface area contributed by atoms with Crippen molar-refractivity contribution in [3.8, 4) is 5.75 Å². The standard InChI is InChI=1S/C14H15NO5/c1-9-7-10(20-12(9)14(17)19-3)8-15-6-4-5-11(18-2)13(15)16/h4-7H,8H2,1-3H3. The van der Waals surface area contributed by atoms with Crippen molar-refractivity contribution in [1.82, 2.24) is 4.57 Å². The number of aromatic nitrogens is 1. The highest BCUT2D eigenvalue weighted by Crippen LogP contribution is 2.16. The molecule has 0 atom stereocenters. The molecule has 2 heterocycles. The normalized spacial score (nSPS) is 10.3. The van der Waals surface area contributed by atoms with Crippen molar-refractivity contribution < 1.29 is 18.7 Å². The maximum Gasteiger partial charge on any atom is 0.374 e. The van der Waals surface area contributed by atoms with Crippen molar-refractivity contribution in [2.75, 3.05) is 14.2 Å². The lowest BCUT2D eigenvalue weighted by atomic mass is 10.2. The molecule has 0 spiro atoms. The minimum atomic E-state index is -0.535. The second-order valence-electron chi connectivity index (χ2n) is 4.23. The van der Waals surface area contributed by atoms with Crippen molar-refractivity contribution in [3.05, 3.63) is 51.8 Å². The number of carbonyl (C=O) groups excluding carboxylic acids is 1. The molecule has 0 aliphatic rings. The molecule has 2 rings (SSSR count). The number of esters is 1. The highest BCUT2D eigenvalue weighted by atomic mass is 16.5. The predicted molar refractivity (Wildman–Crippen MR) is 71.1 cm³/mol. The molecule has 0 radical (unpaired) electrons. The number of furan rings is 1. The van der Waals surface area contributed by atoms with Gasteiger partial charge >= 0.3 is 5.97 Å². The fourth-order valence-electron chi connectivity index (χ4n) is 1.88. The van der Waals surface area contributed by atoms with E-state index in [1.165, 1.54) is 18.8 Å². The van der Waals surface area contributed by atoms with E-state index in [2.05, 4.69) is 4.74 Å². The zero-order valence-electron chi connectivity index (χ0n) is 11.5. The first-order valence-electron chi connectivity index (χ1n) is 5.98. The molecule has 0 aliphatic carbocycles. The Balaban J connectivity index is 2.32. The van der Waals surface area contributed by atoms with Gasteiger partial charge in [0.25, 0.3) is 5.56 Å². The number of hydrogen-bond donors (Lipinski definition) is 0. The molecule has 0 aromatic carbocycles. The van der Waals surface area contributed by atoms with E-state index >= 15 is 0 Å². The van der Waals surface area contributed by atoms with Gasteiger partial charge in [-0.15, -0.1) is 0 Å². The highest BCUT2D eigenvalue weighted by Gasteiger charge is 2.16. The zero-order chi connectivity index (χ0) is 14.7. The third-order valence-electron chi connectivity index (χ3n) is 2.87. The molecule has 0 unspecified atom stereocenters. The average Bonchev–Trinajstić information content (AvgIpc) is 2.81. The second-order valence-corrected chi connectivity index (χ2v) is 4.23. The Kier molecular flexibility index (Phi) is 3.93. The number of methoxy groups -OCH3 is 2. The van der Waals surface area contributed by atoms with Crippen LogP contribution in [0.25, 0.3) is 0 Å². The first-order valence-corrected chi connectivity index (χ1v) is 5.98. The van der Waals surface area contributed by atoms with E-state index < -0.39 is 5.97 Å². The molecular formula is C14H15NO5. The quantitative estimate of drug-likeness (QED) is 0.794. The summed E-state index contributed by atoms with van der Waals surface area (Å²) >= 11 is 0. The summed E-state index contributed by atoms with van der Waals surface area (Å²) in [5, 5.41) is 0. The minimum absolute atomic E-state index is 0.151. The molecule has 0 amide bonds. The van der Waals surface area contributed by atoms with Gasteiger partial charge in [0.2, 0.25) is 5.76 Å². The summed E-state index contributed by atoms with van der Waals surface area (Å²) in [6.07, 6.45) is 1.63. The van der Waals surface area contributed by atoms with E-state index in [9.17, 15) is 9.59 Å². The second kappa shape index (κ2) is 5.64. The third kappa shape index (κ3) is 2.59. The van der Waals surface area contributed by atoms with E-state index in [-0.39, 0.29) is 23.6 Å². The number of aryl methyl sites for hydroxylation is 1. The summed E-state index contributed by atoms with van der Waals surface area (Å²) < 4.78 is 16.5. The maximum absolute atomic E-state index is 12.0. The number of ether oxygens (including phenoxy) is 2. The van der Waals surface area contributed by atoms with Crippen LogP contribution in [0.4, 0.5) is 0 Å². The van der Waals surface area contributed by atoms with Gasteiger partial charge in [0.1, 0.15) is 5.76 Å². The molecule has 6 heteroatoms. The lowest BCUT2D eigenvalue weighted by molar-refractivity contribution is 0.0561. The number of hydrogen-bond acceptors (Lipinski definition) is 5. The van der Waals surface area contributed by atoms with E-state index in [0.29, 0.717) is 11.3 Å². The van der Waals surface area contributed by atoms with Gasteiger partial charge in [0.15, 0.2) is 5.75 Å². The highest BCUT2D eigenvalue weighted by molar-refractivity contribution is 5.87.